The number of ether oxygens (including phenoxy) is 3. The van der Waals surface area contributed by atoms with Gasteiger partial charge in [0.15, 0.2) is 6.10 Å². The summed E-state index contributed by atoms with van der Waals surface area (Å²) in [5.74, 6) is -1.03. The third kappa shape index (κ3) is 54.6. The van der Waals surface area contributed by atoms with Crippen molar-refractivity contribution >= 4 is 17.9 Å². The van der Waals surface area contributed by atoms with Gasteiger partial charge in [-0.25, -0.2) is 0 Å². The summed E-state index contributed by atoms with van der Waals surface area (Å²) in [6.07, 6.45) is 77.6. The highest BCUT2D eigenvalue weighted by Crippen LogP contribution is 2.14. The first-order valence-corrected chi connectivity index (χ1v) is 28.1. The van der Waals surface area contributed by atoms with E-state index in [1.807, 2.05) is 48.6 Å². The maximum absolute atomic E-state index is 12.8. The minimum absolute atomic E-state index is 0.119. The van der Waals surface area contributed by atoms with Gasteiger partial charge in [-0.15, -0.1) is 0 Å². The van der Waals surface area contributed by atoms with Crippen LogP contribution < -0.4 is 0 Å². The summed E-state index contributed by atoms with van der Waals surface area (Å²) in [7, 11) is 0. The van der Waals surface area contributed by atoms with E-state index in [0.29, 0.717) is 19.3 Å². The molecule has 0 N–H and O–H groups in total. The molecule has 0 spiro atoms. The monoisotopic (exact) mass is 955 g/mol. The highest BCUT2D eigenvalue weighted by molar-refractivity contribution is 5.71. The molecule has 390 valence electrons. The first kappa shape index (κ1) is 64.8. The Labute approximate surface area is 424 Å². The van der Waals surface area contributed by atoms with Gasteiger partial charge in [-0.05, 0) is 103 Å². The predicted octanol–water partition coefficient (Wildman–Crippen LogP) is 18.9. The van der Waals surface area contributed by atoms with Gasteiger partial charge in [0.05, 0.1) is 0 Å². The SMILES string of the molecule is CC\C=C/C=C\C=C/C=C\C=C/CCCCCC(=O)OCC(COC(=O)CCCCCCCCC/C=C\CCCCCCCCCC)OC(=O)CCC/C=C\C/C=C\C/C=C\C/C=C\CCCCC. The summed E-state index contributed by atoms with van der Waals surface area (Å²) < 4.78 is 16.8. The molecule has 0 aliphatic rings. The maximum Gasteiger partial charge on any atom is 0.306 e. The minimum atomic E-state index is -0.830. The molecule has 0 aromatic rings. The molecule has 0 bridgehead atoms. The summed E-state index contributed by atoms with van der Waals surface area (Å²) in [6, 6.07) is 0. The molecule has 0 rings (SSSR count). The molecule has 6 heteroatoms. The molecule has 0 amide bonds. The number of hydrogen-bond donors (Lipinski definition) is 0. The number of carbonyl (C=O) groups is 3. The lowest BCUT2D eigenvalue weighted by Crippen LogP contribution is -2.30. The lowest BCUT2D eigenvalue weighted by Gasteiger charge is -2.18. The Kier molecular flexibility index (Phi) is 53.0. The van der Waals surface area contributed by atoms with Gasteiger partial charge in [0.1, 0.15) is 13.2 Å². The molecule has 0 saturated carbocycles. The fourth-order valence-corrected chi connectivity index (χ4v) is 7.33. The summed E-state index contributed by atoms with van der Waals surface area (Å²) in [5, 5.41) is 0. The van der Waals surface area contributed by atoms with Crippen LogP contribution in [0.1, 0.15) is 239 Å². The van der Waals surface area contributed by atoms with Crippen molar-refractivity contribution < 1.29 is 28.6 Å². The maximum atomic E-state index is 12.8. The van der Waals surface area contributed by atoms with Crippen molar-refractivity contribution in [3.05, 3.63) is 122 Å². The molecule has 0 aromatic carbocycles. The lowest BCUT2D eigenvalue weighted by atomic mass is 10.1. The standard InChI is InChI=1S/C63H102O6/c1-4-7-10-13-16-19-22-25-28-30-31-33-35-38-41-44-47-50-53-56-62(65)68-59-60(58-67-61(64)55-52-49-46-43-40-37-34-27-24-21-18-15-12-9-6-3)69-63(66)57-54-51-48-45-42-39-36-32-29-26-23-20-17-14-11-8-5-2/h9,12,15,17-18,20-21,24,26-27,29-31,34,36-37,39-40,45,48,60H,4-8,10-11,13-14,16,19,22-23,25,28,32-33,35,38,41-44,46-47,49-59H2,1-3H3/b12-9-,18-15-,20-17-,24-21-,29-26-,31-30-,34-27-,39-36-,40-37-,48-45-. The van der Waals surface area contributed by atoms with Crippen LogP contribution in [0.25, 0.3) is 0 Å². The van der Waals surface area contributed by atoms with Crippen molar-refractivity contribution in [2.45, 2.75) is 245 Å². The van der Waals surface area contributed by atoms with E-state index in [9.17, 15) is 14.4 Å². The van der Waals surface area contributed by atoms with Crippen LogP contribution >= 0.6 is 0 Å². The van der Waals surface area contributed by atoms with E-state index in [-0.39, 0.29) is 37.5 Å². The molecule has 0 saturated heterocycles. The third-order valence-electron chi connectivity index (χ3n) is 11.5. The van der Waals surface area contributed by atoms with Gasteiger partial charge >= 0.3 is 17.9 Å². The van der Waals surface area contributed by atoms with E-state index < -0.39 is 6.10 Å². The molecule has 0 aliphatic heterocycles. The molecule has 0 fully saturated rings. The van der Waals surface area contributed by atoms with Crippen LogP contribution in [0.2, 0.25) is 0 Å². The van der Waals surface area contributed by atoms with E-state index in [1.54, 1.807) is 0 Å². The molecule has 1 atom stereocenters. The van der Waals surface area contributed by atoms with Crippen LogP contribution in [0, 0.1) is 0 Å². The van der Waals surface area contributed by atoms with Gasteiger partial charge < -0.3 is 14.2 Å². The third-order valence-corrected chi connectivity index (χ3v) is 11.5. The summed E-state index contributed by atoms with van der Waals surface area (Å²) >= 11 is 0. The first-order chi connectivity index (χ1) is 34.0. The predicted molar refractivity (Wildman–Crippen MR) is 297 cm³/mol. The number of rotatable bonds is 49. The Morgan fingerprint density at radius 3 is 1.12 bits per heavy atom. The van der Waals surface area contributed by atoms with Crippen molar-refractivity contribution in [3.63, 3.8) is 0 Å². The molecule has 0 heterocycles. The second kappa shape index (κ2) is 56.4. The van der Waals surface area contributed by atoms with Gasteiger partial charge in [-0.2, -0.15) is 0 Å². The molecule has 1 unspecified atom stereocenters. The average molecular weight is 956 g/mol. The summed E-state index contributed by atoms with van der Waals surface area (Å²) in [4.78, 5) is 38.1. The zero-order valence-electron chi connectivity index (χ0n) is 44.5. The quantitative estimate of drug-likeness (QED) is 0.0199. The van der Waals surface area contributed by atoms with Gasteiger partial charge in [-0.3, -0.25) is 14.4 Å². The summed E-state index contributed by atoms with van der Waals surface area (Å²) in [5.41, 5.74) is 0. The van der Waals surface area contributed by atoms with Crippen molar-refractivity contribution in [1.82, 2.24) is 0 Å². The topological polar surface area (TPSA) is 78.9 Å². The van der Waals surface area contributed by atoms with E-state index in [2.05, 4.69) is 93.7 Å². The molecular weight excluding hydrogens is 853 g/mol. The zero-order valence-corrected chi connectivity index (χ0v) is 44.5. The van der Waals surface area contributed by atoms with Crippen LogP contribution in [0.15, 0.2) is 122 Å². The number of carbonyl (C=O) groups excluding carboxylic acids is 3. The minimum Gasteiger partial charge on any atom is -0.462 e. The average Bonchev–Trinajstić information content (AvgIpc) is 3.35. The molecule has 6 nitrogen and oxygen atoms in total. The number of allylic oxidation sites excluding steroid dienone is 20. The Morgan fingerprint density at radius 1 is 0.319 bits per heavy atom. The number of hydrogen-bond acceptors (Lipinski definition) is 6. The molecule has 0 aliphatic carbocycles. The molecular formula is C63H102O6. The van der Waals surface area contributed by atoms with Crippen LogP contribution in [0.4, 0.5) is 0 Å². The van der Waals surface area contributed by atoms with E-state index in [1.165, 1.54) is 116 Å². The Balaban J connectivity index is 4.54. The van der Waals surface area contributed by atoms with E-state index in [4.69, 9.17) is 14.2 Å². The van der Waals surface area contributed by atoms with E-state index >= 15 is 0 Å². The number of esters is 3. The van der Waals surface area contributed by atoms with Crippen LogP contribution in [0.3, 0.4) is 0 Å². The van der Waals surface area contributed by atoms with Gasteiger partial charge in [0, 0.05) is 19.3 Å². The Bertz CT molecular complexity index is 1470. The van der Waals surface area contributed by atoms with Crippen molar-refractivity contribution in [1.29, 1.82) is 0 Å². The fourth-order valence-electron chi connectivity index (χ4n) is 7.33. The Morgan fingerprint density at radius 2 is 0.638 bits per heavy atom. The largest absolute Gasteiger partial charge is 0.462 e. The molecule has 69 heavy (non-hydrogen) atoms. The van der Waals surface area contributed by atoms with Crippen LogP contribution in [0.5, 0.6) is 0 Å². The summed E-state index contributed by atoms with van der Waals surface area (Å²) in [6.45, 7) is 6.38. The molecule has 0 aromatic heterocycles. The smallest absolute Gasteiger partial charge is 0.306 e. The highest BCUT2D eigenvalue weighted by atomic mass is 16.6. The van der Waals surface area contributed by atoms with Gasteiger partial charge in [0.2, 0.25) is 0 Å². The van der Waals surface area contributed by atoms with Crippen molar-refractivity contribution in [3.8, 4) is 0 Å². The van der Waals surface area contributed by atoms with Crippen molar-refractivity contribution in [2.24, 2.45) is 0 Å². The number of unbranched alkanes of at least 4 members (excludes halogenated alkanes) is 22. The first-order valence-electron chi connectivity index (χ1n) is 28.1. The Hall–Kier alpha value is -4.19. The fraction of sp³-hybridized carbons (Fsp3) is 0.635. The van der Waals surface area contributed by atoms with Gasteiger partial charge in [0.25, 0.3) is 0 Å². The zero-order chi connectivity index (χ0) is 50.0. The molecule has 0 radical (unpaired) electrons. The van der Waals surface area contributed by atoms with E-state index in [0.717, 1.165) is 77.0 Å². The van der Waals surface area contributed by atoms with Crippen molar-refractivity contribution in [2.75, 3.05) is 13.2 Å². The lowest BCUT2D eigenvalue weighted by molar-refractivity contribution is -0.167. The second-order valence-corrected chi connectivity index (χ2v) is 18.2. The normalized spacial score (nSPS) is 13.0. The second-order valence-electron chi connectivity index (χ2n) is 18.2. The highest BCUT2D eigenvalue weighted by Gasteiger charge is 2.19. The van der Waals surface area contributed by atoms with Crippen LogP contribution in [-0.4, -0.2) is 37.2 Å². The van der Waals surface area contributed by atoms with Crippen LogP contribution in [-0.2, 0) is 28.6 Å². The van der Waals surface area contributed by atoms with Gasteiger partial charge in [-0.1, -0.05) is 239 Å².